The van der Waals surface area contributed by atoms with Gasteiger partial charge in [-0.05, 0) is 31.5 Å². The maximum atomic E-state index is 11.5. The van der Waals surface area contributed by atoms with Crippen LogP contribution in [0.15, 0.2) is 24.3 Å². The standard InChI is InChI=1S/C13H18O4/c1-9(12(14)17-4)13(2,15)10-6-5-7-11(8-10)16-3/h5-9,15H,1-4H3. The molecule has 0 amide bonds. The molecule has 2 atom stereocenters. The number of ether oxygens (including phenoxy) is 2. The number of carbonyl (C=O) groups is 1. The molecule has 1 aromatic carbocycles. The van der Waals surface area contributed by atoms with Gasteiger partial charge in [-0.1, -0.05) is 12.1 Å². The Labute approximate surface area is 101 Å². The van der Waals surface area contributed by atoms with Crippen molar-refractivity contribution in [3.05, 3.63) is 29.8 Å². The lowest BCUT2D eigenvalue weighted by Gasteiger charge is -2.29. The third-order valence-corrected chi connectivity index (χ3v) is 3.05. The van der Waals surface area contributed by atoms with Crippen LogP contribution in [0, 0.1) is 5.92 Å². The first-order chi connectivity index (χ1) is 7.93. The molecule has 94 valence electrons. The minimum atomic E-state index is -1.29. The van der Waals surface area contributed by atoms with Crippen molar-refractivity contribution in [3.63, 3.8) is 0 Å². The molecule has 0 aliphatic rings. The maximum absolute atomic E-state index is 11.5. The van der Waals surface area contributed by atoms with E-state index in [1.165, 1.54) is 7.11 Å². The summed E-state index contributed by atoms with van der Waals surface area (Å²) < 4.78 is 9.74. The van der Waals surface area contributed by atoms with Crippen LogP contribution in [-0.2, 0) is 15.1 Å². The number of aliphatic hydroxyl groups is 1. The summed E-state index contributed by atoms with van der Waals surface area (Å²) in [5, 5.41) is 10.4. The summed E-state index contributed by atoms with van der Waals surface area (Å²) in [4.78, 5) is 11.5. The van der Waals surface area contributed by atoms with Crippen LogP contribution in [-0.4, -0.2) is 25.3 Å². The second kappa shape index (κ2) is 5.19. The van der Waals surface area contributed by atoms with Gasteiger partial charge in [0.25, 0.3) is 0 Å². The first kappa shape index (κ1) is 13.5. The molecule has 0 aliphatic heterocycles. The van der Waals surface area contributed by atoms with E-state index < -0.39 is 17.5 Å². The minimum absolute atomic E-state index is 0.446. The van der Waals surface area contributed by atoms with Gasteiger partial charge in [-0.15, -0.1) is 0 Å². The van der Waals surface area contributed by atoms with Crippen LogP contribution < -0.4 is 4.74 Å². The second-order valence-corrected chi connectivity index (χ2v) is 4.12. The molecular formula is C13H18O4. The van der Waals surface area contributed by atoms with Gasteiger partial charge >= 0.3 is 5.97 Å². The number of rotatable bonds is 4. The fraction of sp³-hybridized carbons (Fsp3) is 0.462. The maximum Gasteiger partial charge on any atom is 0.311 e. The van der Waals surface area contributed by atoms with Crippen LogP contribution >= 0.6 is 0 Å². The summed E-state index contributed by atoms with van der Waals surface area (Å²) in [6.45, 7) is 3.22. The Balaban J connectivity index is 3.06. The van der Waals surface area contributed by atoms with Crippen LogP contribution in [0.3, 0.4) is 0 Å². The number of methoxy groups -OCH3 is 2. The Morgan fingerprint density at radius 1 is 1.41 bits per heavy atom. The van der Waals surface area contributed by atoms with E-state index in [9.17, 15) is 9.90 Å². The van der Waals surface area contributed by atoms with Gasteiger partial charge in [-0.2, -0.15) is 0 Å². The average Bonchev–Trinajstić information content (AvgIpc) is 2.36. The van der Waals surface area contributed by atoms with Crippen molar-refractivity contribution in [2.24, 2.45) is 5.92 Å². The van der Waals surface area contributed by atoms with Crippen LogP contribution in [0.4, 0.5) is 0 Å². The quantitative estimate of drug-likeness (QED) is 0.811. The molecule has 0 fully saturated rings. The number of esters is 1. The van der Waals surface area contributed by atoms with E-state index in [-0.39, 0.29) is 0 Å². The van der Waals surface area contributed by atoms with E-state index in [0.29, 0.717) is 11.3 Å². The molecule has 0 aromatic heterocycles. The highest BCUT2D eigenvalue weighted by molar-refractivity contribution is 5.73. The highest BCUT2D eigenvalue weighted by atomic mass is 16.5. The number of hydrogen-bond donors (Lipinski definition) is 1. The topological polar surface area (TPSA) is 55.8 Å². The molecule has 1 aromatic rings. The SMILES string of the molecule is COC(=O)C(C)C(C)(O)c1cccc(OC)c1. The Morgan fingerprint density at radius 2 is 2.06 bits per heavy atom. The molecule has 0 saturated carbocycles. The predicted octanol–water partition coefficient (Wildman–Crippen LogP) is 1.71. The molecule has 1 N–H and O–H groups in total. The molecule has 4 nitrogen and oxygen atoms in total. The third kappa shape index (κ3) is 2.77. The molecular weight excluding hydrogens is 220 g/mol. The minimum Gasteiger partial charge on any atom is -0.497 e. The highest BCUT2D eigenvalue weighted by Crippen LogP contribution is 2.31. The first-order valence-corrected chi connectivity index (χ1v) is 5.38. The van der Waals surface area contributed by atoms with Crippen molar-refractivity contribution in [3.8, 4) is 5.75 Å². The van der Waals surface area contributed by atoms with Gasteiger partial charge < -0.3 is 14.6 Å². The highest BCUT2D eigenvalue weighted by Gasteiger charge is 2.36. The summed E-state index contributed by atoms with van der Waals surface area (Å²) in [5.41, 5.74) is -0.670. The monoisotopic (exact) mass is 238 g/mol. The van der Waals surface area contributed by atoms with Crippen molar-refractivity contribution < 1.29 is 19.4 Å². The van der Waals surface area contributed by atoms with Crippen molar-refractivity contribution in [2.45, 2.75) is 19.4 Å². The zero-order chi connectivity index (χ0) is 13.1. The Kier molecular flexibility index (Phi) is 4.12. The van der Waals surface area contributed by atoms with E-state index >= 15 is 0 Å². The van der Waals surface area contributed by atoms with E-state index in [1.807, 2.05) is 0 Å². The largest absolute Gasteiger partial charge is 0.497 e. The van der Waals surface area contributed by atoms with E-state index in [2.05, 4.69) is 4.74 Å². The van der Waals surface area contributed by atoms with Crippen LogP contribution in [0.25, 0.3) is 0 Å². The zero-order valence-electron chi connectivity index (χ0n) is 10.6. The van der Waals surface area contributed by atoms with Gasteiger partial charge in [-0.25, -0.2) is 0 Å². The summed E-state index contributed by atoms with van der Waals surface area (Å²) in [6, 6.07) is 7.01. The van der Waals surface area contributed by atoms with Crippen molar-refractivity contribution in [1.29, 1.82) is 0 Å². The summed E-state index contributed by atoms with van der Waals surface area (Å²) in [6.07, 6.45) is 0. The van der Waals surface area contributed by atoms with Crippen LogP contribution in [0.2, 0.25) is 0 Å². The summed E-state index contributed by atoms with van der Waals surface area (Å²) >= 11 is 0. The van der Waals surface area contributed by atoms with Gasteiger partial charge in [0.15, 0.2) is 0 Å². The molecule has 0 bridgehead atoms. The normalized spacial score (nSPS) is 15.8. The number of benzene rings is 1. The van der Waals surface area contributed by atoms with Crippen molar-refractivity contribution >= 4 is 5.97 Å². The lowest BCUT2D eigenvalue weighted by atomic mass is 9.84. The van der Waals surface area contributed by atoms with Crippen molar-refractivity contribution in [1.82, 2.24) is 0 Å². The lowest BCUT2D eigenvalue weighted by Crippen LogP contribution is -2.35. The van der Waals surface area contributed by atoms with Gasteiger partial charge in [0, 0.05) is 0 Å². The molecule has 1 rings (SSSR count). The van der Waals surface area contributed by atoms with Crippen LogP contribution in [0.1, 0.15) is 19.4 Å². The first-order valence-electron chi connectivity index (χ1n) is 5.38. The Morgan fingerprint density at radius 3 is 2.59 bits per heavy atom. The summed E-state index contributed by atoms with van der Waals surface area (Å²) in [5.74, 6) is -0.461. The number of carbonyl (C=O) groups excluding carboxylic acids is 1. The van der Waals surface area contributed by atoms with E-state index in [1.54, 1.807) is 45.2 Å². The Hall–Kier alpha value is -1.55. The second-order valence-electron chi connectivity index (χ2n) is 4.12. The van der Waals surface area contributed by atoms with Gasteiger partial charge in [0.05, 0.1) is 25.7 Å². The molecule has 0 radical (unpaired) electrons. The molecule has 2 unspecified atom stereocenters. The average molecular weight is 238 g/mol. The van der Waals surface area contributed by atoms with Crippen LogP contribution in [0.5, 0.6) is 5.75 Å². The fourth-order valence-corrected chi connectivity index (χ4v) is 1.59. The smallest absolute Gasteiger partial charge is 0.311 e. The van der Waals surface area contributed by atoms with Gasteiger partial charge in [0.2, 0.25) is 0 Å². The fourth-order valence-electron chi connectivity index (χ4n) is 1.59. The number of hydrogen-bond acceptors (Lipinski definition) is 4. The molecule has 0 saturated heterocycles. The zero-order valence-corrected chi connectivity index (χ0v) is 10.6. The molecule has 0 spiro atoms. The predicted molar refractivity (Wildman–Crippen MR) is 63.7 cm³/mol. The van der Waals surface area contributed by atoms with E-state index in [0.717, 1.165) is 0 Å². The molecule has 0 aliphatic carbocycles. The van der Waals surface area contributed by atoms with Gasteiger partial charge in [-0.3, -0.25) is 4.79 Å². The third-order valence-electron chi connectivity index (χ3n) is 3.05. The lowest BCUT2D eigenvalue weighted by molar-refractivity contribution is -0.154. The molecule has 4 heteroatoms. The molecule has 17 heavy (non-hydrogen) atoms. The summed E-state index contributed by atoms with van der Waals surface area (Å²) in [7, 11) is 2.86. The Bertz CT molecular complexity index is 398. The molecule has 0 heterocycles. The van der Waals surface area contributed by atoms with Crippen molar-refractivity contribution in [2.75, 3.05) is 14.2 Å². The van der Waals surface area contributed by atoms with E-state index in [4.69, 9.17) is 4.74 Å². The van der Waals surface area contributed by atoms with Gasteiger partial charge in [0.1, 0.15) is 5.75 Å².